The number of hydrogen-bond acceptors (Lipinski definition) is 3. The molecule has 0 saturated carbocycles. The largest absolute Gasteiger partial charge is 0.494 e. The first kappa shape index (κ1) is 17.2. The molecule has 0 aliphatic carbocycles. The second kappa shape index (κ2) is 9.79. The first-order valence-electron chi connectivity index (χ1n) is 7.73. The molecule has 0 aliphatic heterocycles. The number of ether oxygens (including phenoxy) is 1. The number of anilines is 1. The molecule has 0 heterocycles. The predicted molar refractivity (Wildman–Crippen MR) is 96.4 cm³/mol. The lowest BCUT2D eigenvalue weighted by molar-refractivity contribution is 0.252. The second-order valence-corrected chi connectivity index (χ2v) is 6.03. The highest BCUT2D eigenvalue weighted by atomic mass is 32.2. The van der Waals surface area contributed by atoms with Crippen LogP contribution in [0.1, 0.15) is 13.3 Å². The third kappa shape index (κ3) is 6.65. The number of benzene rings is 2. The van der Waals surface area contributed by atoms with Crippen molar-refractivity contribution in [3.8, 4) is 5.75 Å². The molecule has 0 bridgehead atoms. The molecule has 5 heteroatoms. The Morgan fingerprint density at radius 3 is 2.74 bits per heavy atom. The van der Waals surface area contributed by atoms with Gasteiger partial charge in [0.2, 0.25) is 0 Å². The monoisotopic (exact) mass is 330 g/mol. The Morgan fingerprint density at radius 2 is 1.96 bits per heavy atom. The Kier molecular flexibility index (Phi) is 7.33. The van der Waals surface area contributed by atoms with Gasteiger partial charge in [-0.2, -0.15) is 0 Å². The van der Waals surface area contributed by atoms with E-state index in [4.69, 9.17) is 4.74 Å². The highest BCUT2D eigenvalue weighted by Gasteiger charge is 2.02. The molecule has 2 N–H and O–H groups in total. The van der Waals surface area contributed by atoms with Crippen molar-refractivity contribution in [2.75, 3.05) is 24.2 Å². The number of carbonyl (C=O) groups is 1. The Balaban J connectivity index is 1.64. The van der Waals surface area contributed by atoms with Gasteiger partial charge in [0.25, 0.3) is 0 Å². The second-order valence-electron chi connectivity index (χ2n) is 4.86. The van der Waals surface area contributed by atoms with Gasteiger partial charge in [-0.15, -0.1) is 11.8 Å². The summed E-state index contributed by atoms with van der Waals surface area (Å²) in [5.74, 6) is 1.73. The van der Waals surface area contributed by atoms with Crippen LogP contribution in [0.3, 0.4) is 0 Å². The third-order valence-corrected chi connectivity index (χ3v) is 4.12. The van der Waals surface area contributed by atoms with Crippen LogP contribution in [0.25, 0.3) is 0 Å². The van der Waals surface area contributed by atoms with E-state index in [9.17, 15) is 4.79 Å². The molecule has 0 spiro atoms. The van der Waals surface area contributed by atoms with Crippen LogP contribution < -0.4 is 15.4 Å². The summed E-state index contributed by atoms with van der Waals surface area (Å²) >= 11 is 1.80. The van der Waals surface area contributed by atoms with E-state index in [2.05, 4.69) is 22.8 Å². The van der Waals surface area contributed by atoms with Crippen molar-refractivity contribution >= 4 is 23.5 Å². The van der Waals surface area contributed by atoms with Crippen molar-refractivity contribution in [2.45, 2.75) is 18.2 Å². The van der Waals surface area contributed by atoms with E-state index in [-0.39, 0.29) is 6.03 Å². The molecule has 2 rings (SSSR count). The van der Waals surface area contributed by atoms with Crippen molar-refractivity contribution in [3.63, 3.8) is 0 Å². The number of rotatable bonds is 8. The van der Waals surface area contributed by atoms with Crippen LogP contribution in [-0.4, -0.2) is 24.9 Å². The van der Waals surface area contributed by atoms with Gasteiger partial charge in [-0.25, -0.2) is 4.79 Å². The van der Waals surface area contributed by atoms with E-state index < -0.39 is 0 Å². The maximum absolute atomic E-state index is 11.8. The van der Waals surface area contributed by atoms with Gasteiger partial charge in [-0.05, 0) is 43.4 Å². The van der Waals surface area contributed by atoms with Gasteiger partial charge < -0.3 is 15.4 Å². The fraction of sp³-hybridized carbons (Fsp3) is 0.278. The third-order valence-electron chi connectivity index (χ3n) is 3.02. The lowest BCUT2D eigenvalue weighted by Gasteiger charge is -2.09. The van der Waals surface area contributed by atoms with Crippen LogP contribution in [0.4, 0.5) is 10.5 Å². The van der Waals surface area contributed by atoms with Gasteiger partial charge in [-0.1, -0.05) is 24.3 Å². The van der Waals surface area contributed by atoms with Crippen molar-refractivity contribution in [1.82, 2.24) is 5.32 Å². The number of urea groups is 1. The summed E-state index contributed by atoms with van der Waals surface area (Å²) in [5.41, 5.74) is 0.729. The summed E-state index contributed by atoms with van der Waals surface area (Å²) in [7, 11) is 0. The minimum absolute atomic E-state index is 0.191. The van der Waals surface area contributed by atoms with Crippen LogP contribution in [0.5, 0.6) is 5.75 Å². The molecule has 2 aromatic rings. The fourth-order valence-electron chi connectivity index (χ4n) is 1.99. The molecule has 23 heavy (non-hydrogen) atoms. The van der Waals surface area contributed by atoms with E-state index in [1.807, 2.05) is 49.4 Å². The molecule has 0 unspecified atom stereocenters. The maximum Gasteiger partial charge on any atom is 0.319 e. The topological polar surface area (TPSA) is 50.4 Å². The number of hydrogen-bond donors (Lipinski definition) is 2. The molecular weight excluding hydrogens is 308 g/mol. The van der Waals surface area contributed by atoms with Crippen molar-refractivity contribution in [2.24, 2.45) is 0 Å². The van der Waals surface area contributed by atoms with Crippen LogP contribution >= 0.6 is 11.8 Å². The molecule has 0 radical (unpaired) electrons. The molecule has 0 atom stereocenters. The van der Waals surface area contributed by atoms with E-state index in [1.54, 1.807) is 11.8 Å². The van der Waals surface area contributed by atoms with Crippen LogP contribution in [0, 0.1) is 0 Å². The molecule has 2 amide bonds. The van der Waals surface area contributed by atoms with E-state index in [1.165, 1.54) is 4.90 Å². The summed E-state index contributed by atoms with van der Waals surface area (Å²) in [5, 5.41) is 5.68. The first-order valence-corrected chi connectivity index (χ1v) is 8.72. The predicted octanol–water partition coefficient (Wildman–Crippen LogP) is 4.39. The molecule has 122 valence electrons. The zero-order valence-electron chi connectivity index (χ0n) is 13.2. The lowest BCUT2D eigenvalue weighted by atomic mass is 10.3. The molecule has 0 fully saturated rings. The zero-order valence-corrected chi connectivity index (χ0v) is 14.1. The SMILES string of the molecule is CCOc1cccc(NC(=O)NCCCSc2ccccc2)c1. The summed E-state index contributed by atoms with van der Waals surface area (Å²) < 4.78 is 5.41. The molecule has 0 aliphatic rings. The van der Waals surface area contributed by atoms with Gasteiger partial charge in [0.15, 0.2) is 0 Å². The van der Waals surface area contributed by atoms with Crippen molar-refractivity contribution < 1.29 is 9.53 Å². The highest BCUT2D eigenvalue weighted by molar-refractivity contribution is 7.99. The maximum atomic E-state index is 11.8. The summed E-state index contributed by atoms with van der Waals surface area (Å²) in [6.45, 7) is 3.19. The van der Waals surface area contributed by atoms with Crippen LogP contribution in [0.2, 0.25) is 0 Å². The first-order chi connectivity index (χ1) is 11.3. The number of thioether (sulfide) groups is 1. The van der Waals surface area contributed by atoms with Crippen LogP contribution in [-0.2, 0) is 0 Å². The number of nitrogens with one attached hydrogen (secondary N) is 2. The minimum Gasteiger partial charge on any atom is -0.494 e. The average Bonchev–Trinajstić information content (AvgIpc) is 2.56. The van der Waals surface area contributed by atoms with E-state index in [0.29, 0.717) is 13.2 Å². The Hall–Kier alpha value is -2.14. The highest BCUT2D eigenvalue weighted by Crippen LogP contribution is 2.18. The molecule has 4 nitrogen and oxygen atoms in total. The molecule has 0 aromatic heterocycles. The molecular formula is C18H22N2O2S. The minimum atomic E-state index is -0.191. The number of amides is 2. The van der Waals surface area contributed by atoms with Crippen molar-refractivity contribution in [3.05, 3.63) is 54.6 Å². The smallest absolute Gasteiger partial charge is 0.319 e. The normalized spacial score (nSPS) is 10.1. The Bertz CT molecular complexity index is 605. The van der Waals surface area contributed by atoms with Gasteiger partial charge in [0, 0.05) is 23.2 Å². The van der Waals surface area contributed by atoms with Gasteiger partial charge in [0.05, 0.1) is 6.61 Å². The van der Waals surface area contributed by atoms with Crippen LogP contribution in [0.15, 0.2) is 59.5 Å². The summed E-state index contributed by atoms with van der Waals surface area (Å²) in [4.78, 5) is 13.1. The quantitative estimate of drug-likeness (QED) is 0.557. The molecule has 2 aromatic carbocycles. The van der Waals surface area contributed by atoms with Gasteiger partial charge in [-0.3, -0.25) is 0 Å². The van der Waals surface area contributed by atoms with Gasteiger partial charge in [0.1, 0.15) is 5.75 Å². The molecule has 0 saturated heterocycles. The zero-order chi connectivity index (χ0) is 16.3. The Labute approximate surface area is 141 Å². The van der Waals surface area contributed by atoms with E-state index >= 15 is 0 Å². The van der Waals surface area contributed by atoms with Crippen molar-refractivity contribution in [1.29, 1.82) is 0 Å². The van der Waals surface area contributed by atoms with E-state index in [0.717, 1.165) is 23.6 Å². The average molecular weight is 330 g/mol. The number of carbonyl (C=O) groups excluding carboxylic acids is 1. The summed E-state index contributed by atoms with van der Waals surface area (Å²) in [6.07, 6.45) is 0.923. The Morgan fingerprint density at radius 1 is 1.13 bits per heavy atom. The fourth-order valence-corrected chi connectivity index (χ4v) is 2.86. The van der Waals surface area contributed by atoms with Gasteiger partial charge >= 0.3 is 6.03 Å². The summed E-state index contributed by atoms with van der Waals surface area (Å²) in [6, 6.07) is 17.5. The lowest BCUT2D eigenvalue weighted by Crippen LogP contribution is -2.29. The standard InChI is InChI=1S/C18H22N2O2S/c1-2-22-16-9-6-8-15(14-16)20-18(21)19-12-7-13-23-17-10-4-3-5-11-17/h3-6,8-11,14H,2,7,12-13H2,1H3,(H2,19,20,21).